The maximum Gasteiger partial charge on any atom is 0.196 e. The highest BCUT2D eigenvalue weighted by molar-refractivity contribution is 6.27. The molecule has 0 saturated carbocycles. The summed E-state index contributed by atoms with van der Waals surface area (Å²) in [5.74, 6) is -0.589. The fourth-order valence-electron chi connectivity index (χ4n) is 3.27. The molecule has 3 atom stereocenters. The molecular weight excluding hydrogens is 300 g/mol. The van der Waals surface area contributed by atoms with Crippen LogP contribution >= 0.6 is 0 Å². The van der Waals surface area contributed by atoms with Crippen LogP contribution in [0.15, 0.2) is 54.1 Å². The van der Waals surface area contributed by atoms with E-state index in [2.05, 4.69) is 6.92 Å². The fourth-order valence-corrected chi connectivity index (χ4v) is 3.27. The number of carbonyl (C=O) groups is 2. The molecule has 128 valence electrons. The minimum atomic E-state index is -0.452. The summed E-state index contributed by atoms with van der Waals surface area (Å²) in [6.07, 6.45) is 8.38. The van der Waals surface area contributed by atoms with Crippen molar-refractivity contribution in [3.63, 3.8) is 0 Å². The smallest absolute Gasteiger partial charge is 0.196 e. The third-order valence-electron chi connectivity index (χ3n) is 4.51. The summed E-state index contributed by atoms with van der Waals surface area (Å²) in [6.45, 7) is 3.87. The van der Waals surface area contributed by atoms with Gasteiger partial charge in [0.2, 0.25) is 0 Å². The molecule has 2 rings (SSSR count). The summed E-state index contributed by atoms with van der Waals surface area (Å²) >= 11 is 0. The summed E-state index contributed by atoms with van der Waals surface area (Å²) in [5, 5.41) is 9.78. The first-order chi connectivity index (χ1) is 11.5. The van der Waals surface area contributed by atoms with Crippen LogP contribution in [0.4, 0.5) is 0 Å². The van der Waals surface area contributed by atoms with Crippen LogP contribution in [-0.2, 0) is 4.79 Å². The molecular formula is C21H26O3. The number of aliphatic hydroxyl groups excluding tert-OH is 1. The van der Waals surface area contributed by atoms with Gasteiger partial charge in [-0.3, -0.25) is 9.59 Å². The number of unbranched alkanes of at least 4 members (excludes halogenated alkanes) is 1. The van der Waals surface area contributed by atoms with Gasteiger partial charge in [-0.1, -0.05) is 62.2 Å². The number of carbonyl (C=O) groups excluding carboxylic acids is 2. The molecule has 3 heteroatoms. The largest absolute Gasteiger partial charge is 0.393 e. The first-order valence-electron chi connectivity index (χ1n) is 8.75. The molecule has 0 heterocycles. The van der Waals surface area contributed by atoms with Gasteiger partial charge in [-0.05, 0) is 31.8 Å². The van der Waals surface area contributed by atoms with Gasteiger partial charge in [-0.2, -0.15) is 0 Å². The van der Waals surface area contributed by atoms with E-state index in [0.29, 0.717) is 12.0 Å². The Hall–Kier alpha value is -2.00. The van der Waals surface area contributed by atoms with Crippen LogP contribution in [0.5, 0.6) is 0 Å². The molecule has 3 nitrogen and oxygen atoms in total. The molecule has 0 bridgehead atoms. The number of hydrogen-bond donors (Lipinski definition) is 1. The van der Waals surface area contributed by atoms with Crippen molar-refractivity contribution >= 4 is 11.6 Å². The zero-order valence-corrected chi connectivity index (χ0v) is 14.4. The lowest BCUT2D eigenvalue weighted by Crippen LogP contribution is -2.30. The lowest BCUT2D eigenvalue weighted by atomic mass is 9.76. The standard InChI is InChI=1S/C21H26O3/c1-3-4-9-17(14-15(2)22)18-12-8-13-19(21(18)24)20(23)16-10-6-5-7-11-16/h5-8,10-13,15,17-18,22H,3-4,9,14H2,1-2H3. The van der Waals surface area contributed by atoms with Crippen LogP contribution < -0.4 is 0 Å². The Morgan fingerprint density at radius 1 is 1.25 bits per heavy atom. The van der Waals surface area contributed by atoms with Crippen molar-refractivity contribution in [2.75, 3.05) is 0 Å². The fraction of sp³-hybridized carbons (Fsp3) is 0.429. The Morgan fingerprint density at radius 3 is 2.58 bits per heavy atom. The Kier molecular flexibility index (Phi) is 6.68. The monoisotopic (exact) mass is 326 g/mol. The topological polar surface area (TPSA) is 54.4 Å². The molecule has 1 aliphatic carbocycles. The quantitative estimate of drug-likeness (QED) is 0.577. The van der Waals surface area contributed by atoms with Gasteiger partial charge in [0, 0.05) is 11.5 Å². The Labute approximate surface area is 144 Å². The maximum atomic E-state index is 12.9. The highest BCUT2D eigenvalue weighted by Crippen LogP contribution is 2.31. The van der Waals surface area contributed by atoms with Crippen LogP contribution in [0.2, 0.25) is 0 Å². The van der Waals surface area contributed by atoms with E-state index in [1.165, 1.54) is 0 Å². The van der Waals surface area contributed by atoms with Crippen LogP contribution in [-0.4, -0.2) is 22.8 Å². The average Bonchev–Trinajstić information content (AvgIpc) is 2.59. The van der Waals surface area contributed by atoms with E-state index in [9.17, 15) is 14.7 Å². The molecule has 1 aromatic carbocycles. The highest BCUT2D eigenvalue weighted by Gasteiger charge is 2.33. The first-order valence-corrected chi connectivity index (χ1v) is 8.75. The second-order valence-corrected chi connectivity index (χ2v) is 6.54. The number of hydrogen-bond acceptors (Lipinski definition) is 3. The van der Waals surface area contributed by atoms with E-state index in [1.807, 2.05) is 18.2 Å². The molecule has 1 aromatic rings. The van der Waals surface area contributed by atoms with E-state index in [1.54, 1.807) is 37.3 Å². The van der Waals surface area contributed by atoms with Gasteiger partial charge < -0.3 is 5.11 Å². The summed E-state index contributed by atoms with van der Waals surface area (Å²) in [7, 11) is 0. The Bertz CT molecular complexity index is 626. The van der Waals surface area contributed by atoms with Crippen LogP contribution in [0.25, 0.3) is 0 Å². The lowest BCUT2D eigenvalue weighted by Gasteiger charge is -2.27. The molecule has 0 saturated heterocycles. The average molecular weight is 326 g/mol. The van der Waals surface area contributed by atoms with Crippen LogP contribution in [0.1, 0.15) is 49.9 Å². The number of ketones is 2. The third kappa shape index (κ3) is 4.51. The number of allylic oxidation sites excluding steroid dienone is 4. The van der Waals surface area contributed by atoms with Gasteiger partial charge in [0.1, 0.15) is 0 Å². The summed E-state index contributed by atoms with van der Waals surface area (Å²) in [4.78, 5) is 25.5. The van der Waals surface area contributed by atoms with E-state index >= 15 is 0 Å². The summed E-state index contributed by atoms with van der Waals surface area (Å²) in [5.41, 5.74) is 0.785. The number of Topliss-reactive ketones (excluding diaryl/α,β-unsaturated/α-hetero) is 2. The third-order valence-corrected chi connectivity index (χ3v) is 4.51. The first kappa shape index (κ1) is 18.3. The minimum absolute atomic E-state index is 0.0703. The predicted molar refractivity (Wildman–Crippen MR) is 95.8 cm³/mol. The zero-order chi connectivity index (χ0) is 17.5. The van der Waals surface area contributed by atoms with Gasteiger partial charge in [-0.25, -0.2) is 0 Å². The molecule has 0 spiro atoms. The molecule has 1 N–H and O–H groups in total. The van der Waals surface area contributed by atoms with Gasteiger partial charge in [0.25, 0.3) is 0 Å². The lowest BCUT2D eigenvalue weighted by molar-refractivity contribution is -0.119. The van der Waals surface area contributed by atoms with Gasteiger partial charge in [0.15, 0.2) is 11.6 Å². The van der Waals surface area contributed by atoms with E-state index in [-0.39, 0.29) is 29.0 Å². The van der Waals surface area contributed by atoms with Crippen molar-refractivity contribution in [3.05, 3.63) is 59.7 Å². The maximum absolute atomic E-state index is 12.9. The van der Waals surface area contributed by atoms with Crippen molar-refractivity contribution in [2.45, 2.75) is 45.6 Å². The molecule has 0 fully saturated rings. The second-order valence-electron chi connectivity index (χ2n) is 6.54. The second kappa shape index (κ2) is 8.74. The molecule has 24 heavy (non-hydrogen) atoms. The zero-order valence-electron chi connectivity index (χ0n) is 14.4. The van der Waals surface area contributed by atoms with Crippen molar-refractivity contribution in [1.29, 1.82) is 0 Å². The van der Waals surface area contributed by atoms with Crippen molar-refractivity contribution in [1.82, 2.24) is 0 Å². The van der Waals surface area contributed by atoms with Crippen molar-refractivity contribution in [3.8, 4) is 0 Å². The molecule has 0 amide bonds. The summed E-state index contributed by atoms with van der Waals surface area (Å²) in [6, 6.07) is 8.90. The molecule has 0 aliphatic heterocycles. The molecule has 0 aromatic heterocycles. The molecule has 1 aliphatic rings. The van der Waals surface area contributed by atoms with Gasteiger partial charge >= 0.3 is 0 Å². The number of aliphatic hydroxyl groups is 1. The van der Waals surface area contributed by atoms with E-state index in [0.717, 1.165) is 19.3 Å². The van der Waals surface area contributed by atoms with Gasteiger partial charge in [0.05, 0.1) is 11.7 Å². The SMILES string of the molecule is CCCCC(CC(C)O)C1C=CC=C(C(=O)c2ccccc2)C1=O. The van der Waals surface area contributed by atoms with Gasteiger partial charge in [-0.15, -0.1) is 0 Å². The number of benzene rings is 1. The highest BCUT2D eigenvalue weighted by atomic mass is 16.3. The molecule has 0 radical (unpaired) electrons. The van der Waals surface area contributed by atoms with Crippen LogP contribution in [0.3, 0.4) is 0 Å². The Balaban J connectivity index is 2.20. The van der Waals surface area contributed by atoms with Crippen molar-refractivity contribution in [2.24, 2.45) is 11.8 Å². The Morgan fingerprint density at radius 2 is 1.96 bits per heavy atom. The van der Waals surface area contributed by atoms with Crippen molar-refractivity contribution < 1.29 is 14.7 Å². The minimum Gasteiger partial charge on any atom is -0.393 e. The normalized spacial score (nSPS) is 19.7. The van der Waals surface area contributed by atoms with E-state index < -0.39 is 6.10 Å². The summed E-state index contributed by atoms with van der Waals surface area (Å²) < 4.78 is 0. The molecule has 3 unspecified atom stereocenters. The predicted octanol–water partition coefficient (Wildman–Crippen LogP) is 4.13. The number of rotatable bonds is 8. The van der Waals surface area contributed by atoms with Crippen LogP contribution in [0, 0.1) is 11.8 Å². The van der Waals surface area contributed by atoms with E-state index in [4.69, 9.17) is 0 Å².